The molecule has 122 valence electrons. The molecule has 0 aromatic heterocycles. The maximum atomic E-state index is 12.9. The van der Waals surface area contributed by atoms with Crippen molar-refractivity contribution in [3.05, 3.63) is 35.4 Å². The van der Waals surface area contributed by atoms with Crippen molar-refractivity contribution in [3.8, 4) is 0 Å². The van der Waals surface area contributed by atoms with Gasteiger partial charge in [-0.1, -0.05) is 37.5 Å². The first kappa shape index (κ1) is 14.7. The van der Waals surface area contributed by atoms with Gasteiger partial charge in [0, 0.05) is 24.6 Å². The van der Waals surface area contributed by atoms with Crippen LogP contribution in [-0.2, 0) is 11.3 Å². The van der Waals surface area contributed by atoms with Crippen LogP contribution >= 0.6 is 0 Å². The Morgan fingerprint density at radius 3 is 2.61 bits per heavy atom. The van der Waals surface area contributed by atoms with Crippen molar-refractivity contribution in [2.45, 2.75) is 69.5 Å². The van der Waals surface area contributed by atoms with E-state index in [1.165, 1.54) is 6.42 Å². The second-order valence-corrected chi connectivity index (χ2v) is 7.35. The lowest BCUT2D eigenvalue weighted by Crippen LogP contribution is -2.52. The summed E-state index contributed by atoms with van der Waals surface area (Å²) in [5.41, 5.74) is 1.64. The molecule has 2 aliphatic carbocycles. The van der Waals surface area contributed by atoms with Gasteiger partial charge in [-0.05, 0) is 37.3 Å². The van der Waals surface area contributed by atoms with E-state index in [-0.39, 0.29) is 17.4 Å². The molecule has 1 aliphatic heterocycles. The van der Waals surface area contributed by atoms with Crippen LogP contribution in [0.25, 0.3) is 0 Å². The third-order valence-corrected chi connectivity index (χ3v) is 5.61. The highest BCUT2D eigenvalue weighted by atomic mass is 16.2. The van der Waals surface area contributed by atoms with E-state index in [4.69, 9.17) is 0 Å². The van der Waals surface area contributed by atoms with Crippen LogP contribution in [0.1, 0.15) is 67.3 Å². The summed E-state index contributed by atoms with van der Waals surface area (Å²) < 4.78 is 0. The number of benzene rings is 1. The Morgan fingerprint density at radius 2 is 1.91 bits per heavy atom. The van der Waals surface area contributed by atoms with Crippen LogP contribution in [-0.4, -0.2) is 28.3 Å². The van der Waals surface area contributed by atoms with Crippen LogP contribution in [0.5, 0.6) is 0 Å². The minimum atomic E-state index is -0.284. The first-order valence-corrected chi connectivity index (χ1v) is 8.87. The minimum absolute atomic E-state index is 0.113. The van der Waals surface area contributed by atoms with Crippen LogP contribution < -0.4 is 5.32 Å². The van der Waals surface area contributed by atoms with E-state index in [0.29, 0.717) is 19.0 Å². The molecule has 0 saturated heterocycles. The maximum absolute atomic E-state index is 12.9. The Balaban J connectivity index is 1.58. The summed E-state index contributed by atoms with van der Waals surface area (Å²) in [6.07, 6.45) is 7.99. The average Bonchev–Trinajstić information content (AvgIpc) is 3.30. The number of hydrogen-bond acceptors (Lipinski definition) is 2. The van der Waals surface area contributed by atoms with Gasteiger partial charge in [-0.25, -0.2) is 0 Å². The van der Waals surface area contributed by atoms with Crippen molar-refractivity contribution >= 4 is 11.8 Å². The smallest absolute Gasteiger partial charge is 0.254 e. The molecule has 2 amide bonds. The van der Waals surface area contributed by atoms with Crippen LogP contribution in [0, 0.1) is 0 Å². The Bertz CT molecular complexity index is 630. The fourth-order valence-electron chi connectivity index (χ4n) is 4.19. The summed E-state index contributed by atoms with van der Waals surface area (Å²) in [7, 11) is 0. The first-order chi connectivity index (χ1) is 11.2. The Kier molecular flexibility index (Phi) is 3.63. The van der Waals surface area contributed by atoms with Crippen LogP contribution in [0.4, 0.5) is 0 Å². The number of amides is 2. The third kappa shape index (κ3) is 2.75. The fraction of sp³-hybridized carbons (Fsp3) is 0.579. The molecular weight excluding hydrogens is 288 g/mol. The van der Waals surface area contributed by atoms with Crippen LogP contribution in [0.15, 0.2) is 24.3 Å². The topological polar surface area (TPSA) is 49.4 Å². The highest BCUT2D eigenvalue weighted by molar-refractivity contribution is 5.99. The van der Waals surface area contributed by atoms with E-state index in [1.54, 1.807) is 0 Å². The third-order valence-electron chi connectivity index (χ3n) is 5.61. The summed E-state index contributed by atoms with van der Waals surface area (Å²) in [6.45, 7) is 0.658. The van der Waals surface area contributed by atoms with Gasteiger partial charge >= 0.3 is 0 Å². The molecule has 23 heavy (non-hydrogen) atoms. The monoisotopic (exact) mass is 312 g/mol. The van der Waals surface area contributed by atoms with E-state index < -0.39 is 0 Å². The van der Waals surface area contributed by atoms with Gasteiger partial charge in [-0.15, -0.1) is 0 Å². The summed E-state index contributed by atoms with van der Waals surface area (Å²) in [4.78, 5) is 27.4. The molecule has 0 spiro atoms. The number of nitrogens with one attached hydrogen (secondary N) is 1. The highest BCUT2D eigenvalue weighted by Crippen LogP contribution is 2.41. The fourth-order valence-corrected chi connectivity index (χ4v) is 4.19. The lowest BCUT2D eigenvalue weighted by atomic mass is 9.77. The van der Waals surface area contributed by atoms with E-state index >= 15 is 0 Å². The van der Waals surface area contributed by atoms with Gasteiger partial charge in [0.2, 0.25) is 5.91 Å². The van der Waals surface area contributed by atoms with E-state index in [2.05, 4.69) is 5.32 Å². The summed E-state index contributed by atoms with van der Waals surface area (Å²) in [6, 6.07) is 8.25. The largest absolute Gasteiger partial charge is 0.353 e. The Labute approximate surface area is 137 Å². The molecule has 1 aromatic carbocycles. The molecule has 2 saturated carbocycles. The van der Waals surface area contributed by atoms with Crippen molar-refractivity contribution in [1.29, 1.82) is 0 Å². The lowest BCUT2D eigenvalue weighted by molar-refractivity contribution is -0.124. The molecular formula is C19H24N2O2. The molecule has 0 bridgehead atoms. The summed E-state index contributed by atoms with van der Waals surface area (Å²) >= 11 is 0. The molecule has 0 atom stereocenters. The molecule has 2 fully saturated rings. The number of hydrogen-bond donors (Lipinski definition) is 1. The van der Waals surface area contributed by atoms with Gasteiger partial charge in [0.25, 0.3) is 5.91 Å². The average molecular weight is 312 g/mol. The molecule has 4 rings (SSSR count). The van der Waals surface area contributed by atoms with Gasteiger partial charge in [-0.3, -0.25) is 9.59 Å². The minimum Gasteiger partial charge on any atom is -0.353 e. The zero-order valence-electron chi connectivity index (χ0n) is 13.5. The van der Waals surface area contributed by atoms with E-state index in [9.17, 15) is 9.59 Å². The van der Waals surface area contributed by atoms with Crippen molar-refractivity contribution in [1.82, 2.24) is 10.2 Å². The highest BCUT2D eigenvalue weighted by Gasteiger charge is 2.45. The number of nitrogens with zero attached hydrogens (tertiary/aromatic N) is 1. The van der Waals surface area contributed by atoms with Gasteiger partial charge in [0.1, 0.15) is 0 Å². The SMILES string of the molecule is O=C(CC1(N2Cc3ccccc3C2=O)CCCCC1)NC1CC1. The molecule has 1 aromatic rings. The van der Waals surface area contributed by atoms with Gasteiger partial charge in [0.05, 0.1) is 5.54 Å². The first-order valence-electron chi connectivity index (χ1n) is 8.87. The number of carbonyl (C=O) groups excluding carboxylic acids is 2. The Hall–Kier alpha value is -1.84. The molecule has 1 heterocycles. The number of rotatable bonds is 4. The van der Waals surface area contributed by atoms with Crippen LogP contribution in [0.2, 0.25) is 0 Å². The number of carbonyl (C=O) groups is 2. The molecule has 4 nitrogen and oxygen atoms in total. The second-order valence-electron chi connectivity index (χ2n) is 7.35. The Morgan fingerprint density at radius 1 is 1.17 bits per heavy atom. The molecule has 0 radical (unpaired) electrons. The lowest BCUT2D eigenvalue weighted by Gasteiger charge is -2.44. The molecule has 4 heteroatoms. The van der Waals surface area contributed by atoms with E-state index in [1.807, 2.05) is 29.2 Å². The van der Waals surface area contributed by atoms with Gasteiger partial charge in [-0.2, -0.15) is 0 Å². The normalized spacial score (nSPS) is 22.8. The summed E-state index contributed by atoms with van der Waals surface area (Å²) in [5.74, 6) is 0.236. The van der Waals surface area contributed by atoms with Crippen molar-refractivity contribution in [2.24, 2.45) is 0 Å². The van der Waals surface area contributed by atoms with Gasteiger partial charge < -0.3 is 10.2 Å². The standard InChI is InChI=1S/C19H24N2O2/c22-17(20-15-8-9-15)12-19(10-4-1-5-11-19)21-13-14-6-2-3-7-16(14)18(21)23/h2-3,6-7,15H,1,4-5,8-13H2,(H,20,22). The zero-order chi connectivity index (χ0) is 15.9. The quantitative estimate of drug-likeness (QED) is 0.929. The number of fused-ring (bicyclic) bond motifs is 1. The molecule has 0 unspecified atom stereocenters. The van der Waals surface area contributed by atoms with Crippen LogP contribution in [0.3, 0.4) is 0 Å². The van der Waals surface area contributed by atoms with E-state index in [0.717, 1.165) is 49.7 Å². The summed E-state index contributed by atoms with van der Waals surface area (Å²) in [5, 5.41) is 3.11. The molecule has 3 aliphatic rings. The van der Waals surface area contributed by atoms with Crippen molar-refractivity contribution in [3.63, 3.8) is 0 Å². The zero-order valence-corrected chi connectivity index (χ0v) is 13.5. The van der Waals surface area contributed by atoms with Crippen molar-refractivity contribution < 1.29 is 9.59 Å². The van der Waals surface area contributed by atoms with Crippen molar-refractivity contribution in [2.75, 3.05) is 0 Å². The second kappa shape index (κ2) is 5.66. The maximum Gasteiger partial charge on any atom is 0.254 e. The molecule has 1 N–H and O–H groups in total. The van der Waals surface area contributed by atoms with Gasteiger partial charge in [0.15, 0.2) is 0 Å². The predicted molar refractivity (Wildman–Crippen MR) is 87.9 cm³/mol. The predicted octanol–water partition coefficient (Wildman–Crippen LogP) is 3.01.